The van der Waals surface area contributed by atoms with Crippen LogP contribution >= 0.6 is 0 Å². The van der Waals surface area contributed by atoms with Crippen LogP contribution in [0.15, 0.2) is 291 Å². The van der Waals surface area contributed by atoms with Crippen molar-refractivity contribution < 1.29 is 0 Å². The van der Waals surface area contributed by atoms with Gasteiger partial charge in [-0.25, -0.2) is 4.98 Å². The first-order chi connectivity index (χ1) is 36.7. The normalized spacial score (nSPS) is 11.5. The van der Waals surface area contributed by atoms with Crippen LogP contribution < -0.4 is 20.7 Å². The summed E-state index contributed by atoms with van der Waals surface area (Å²) in [5.74, 6) is 1.76. The van der Waals surface area contributed by atoms with Gasteiger partial charge in [-0.15, -0.1) is 0 Å². The van der Waals surface area contributed by atoms with Crippen LogP contribution in [0.25, 0.3) is 95.0 Å². The number of aromatic nitrogens is 4. The fourth-order valence-corrected chi connectivity index (χ4v) is 15.8. The van der Waals surface area contributed by atoms with Gasteiger partial charge in [-0.3, -0.25) is 4.57 Å². The Balaban J connectivity index is 1.08. The van der Waals surface area contributed by atoms with Crippen LogP contribution in [0, 0.1) is 0 Å². The van der Waals surface area contributed by atoms with Gasteiger partial charge >= 0.3 is 0 Å². The van der Waals surface area contributed by atoms with E-state index in [0.29, 0.717) is 17.6 Å². The molecule has 0 atom stereocenters. The maximum atomic E-state index is 5.51. The van der Waals surface area contributed by atoms with Crippen molar-refractivity contribution in [3.05, 3.63) is 291 Å². The van der Waals surface area contributed by atoms with E-state index in [0.717, 1.165) is 38.5 Å². The first-order valence-electron chi connectivity index (χ1n) is 25.2. The third-order valence-electron chi connectivity index (χ3n) is 14.4. The SMILES string of the molecule is c1ccc(-c2cccc([Si](c3cccc(-c4ccccc4)c3)(c3cccc(-c4ccccc4)c3)c3cccc(-c4nc(-c5ccccc5)nc(-n5c6ccccc6c6cc(-c7ccccc7)ccc65)n4)c3)c2)cc1. The van der Waals surface area contributed by atoms with Crippen molar-refractivity contribution >= 4 is 50.6 Å². The Labute approximate surface area is 432 Å². The van der Waals surface area contributed by atoms with E-state index in [1.54, 1.807) is 0 Å². The number of rotatable bonds is 11. The Morgan fingerprint density at radius 1 is 0.230 bits per heavy atom. The van der Waals surface area contributed by atoms with Crippen LogP contribution in [0.2, 0.25) is 0 Å². The van der Waals surface area contributed by atoms with Gasteiger partial charge in [0.15, 0.2) is 19.7 Å². The third-order valence-corrected chi connectivity index (χ3v) is 19.1. The molecule has 11 aromatic carbocycles. The highest BCUT2D eigenvalue weighted by Gasteiger charge is 2.42. The molecule has 0 fully saturated rings. The van der Waals surface area contributed by atoms with Crippen LogP contribution in [0.3, 0.4) is 0 Å². The Hall–Kier alpha value is -9.55. The van der Waals surface area contributed by atoms with Gasteiger partial charge < -0.3 is 0 Å². The molecule has 0 aliphatic heterocycles. The predicted molar refractivity (Wildman–Crippen MR) is 310 cm³/mol. The molecule has 13 aromatic rings. The monoisotopic (exact) mass is 960 g/mol. The summed E-state index contributed by atoms with van der Waals surface area (Å²) in [6.07, 6.45) is 0. The highest BCUT2D eigenvalue weighted by Crippen LogP contribution is 2.35. The molecule has 13 rings (SSSR count). The summed E-state index contributed by atoms with van der Waals surface area (Å²) in [4.78, 5) is 16.2. The van der Waals surface area contributed by atoms with Gasteiger partial charge in [0, 0.05) is 21.9 Å². The number of nitrogens with zero attached hydrogens (tertiary/aromatic N) is 4. The lowest BCUT2D eigenvalue weighted by Gasteiger charge is -2.35. The summed E-state index contributed by atoms with van der Waals surface area (Å²) in [7, 11) is -3.28. The Bertz CT molecular complexity index is 3920. The van der Waals surface area contributed by atoms with Gasteiger partial charge in [0.25, 0.3) is 0 Å². The summed E-state index contributed by atoms with van der Waals surface area (Å²) in [6.45, 7) is 0. The van der Waals surface area contributed by atoms with E-state index >= 15 is 0 Å². The molecule has 0 aliphatic rings. The molecule has 0 bridgehead atoms. The molecule has 2 aromatic heterocycles. The maximum absolute atomic E-state index is 5.51. The molecule has 4 nitrogen and oxygen atoms in total. The molecule has 0 unspecified atom stereocenters. The number of benzene rings is 11. The molecular weight excluding hydrogens is 913 g/mol. The molecule has 2 heterocycles. The van der Waals surface area contributed by atoms with E-state index in [1.165, 1.54) is 59.7 Å². The lowest BCUT2D eigenvalue weighted by atomic mass is 10.0. The molecule has 0 N–H and O–H groups in total. The summed E-state index contributed by atoms with van der Waals surface area (Å²) in [6, 6.07) is 105. The zero-order chi connectivity index (χ0) is 49.3. The molecular formula is C69H48N4Si. The van der Waals surface area contributed by atoms with Gasteiger partial charge in [-0.1, -0.05) is 273 Å². The van der Waals surface area contributed by atoms with Crippen molar-refractivity contribution in [1.82, 2.24) is 19.5 Å². The third kappa shape index (κ3) is 8.12. The van der Waals surface area contributed by atoms with E-state index in [2.05, 4.69) is 278 Å². The summed E-state index contributed by atoms with van der Waals surface area (Å²) < 4.78 is 2.21. The van der Waals surface area contributed by atoms with E-state index in [9.17, 15) is 0 Å². The predicted octanol–water partition coefficient (Wildman–Crippen LogP) is 14.3. The van der Waals surface area contributed by atoms with Crippen LogP contribution in [0.5, 0.6) is 0 Å². The second kappa shape index (κ2) is 19.2. The first kappa shape index (κ1) is 44.4. The smallest absolute Gasteiger partial charge is 0.238 e. The number of fused-ring (bicyclic) bond motifs is 3. The van der Waals surface area contributed by atoms with E-state index in [1.807, 2.05) is 18.2 Å². The van der Waals surface area contributed by atoms with E-state index in [-0.39, 0.29) is 0 Å². The Kier molecular flexibility index (Phi) is 11.5. The van der Waals surface area contributed by atoms with Crippen molar-refractivity contribution in [2.24, 2.45) is 0 Å². The first-order valence-corrected chi connectivity index (χ1v) is 27.2. The zero-order valence-corrected chi connectivity index (χ0v) is 41.5. The maximum Gasteiger partial charge on any atom is 0.238 e. The average molecular weight is 961 g/mol. The van der Waals surface area contributed by atoms with Crippen molar-refractivity contribution in [2.75, 3.05) is 0 Å². The fourth-order valence-electron chi connectivity index (χ4n) is 10.9. The topological polar surface area (TPSA) is 43.6 Å². The molecule has 0 spiro atoms. The molecule has 348 valence electrons. The van der Waals surface area contributed by atoms with Crippen molar-refractivity contribution in [1.29, 1.82) is 0 Å². The lowest BCUT2D eigenvalue weighted by Crippen LogP contribution is -2.74. The van der Waals surface area contributed by atoms with Gasteiger partial charge in [0.2, 0.25) is 5.95 Å². The molecule has 0 saturated carbocycles. The summed E-state index contributed by atoms with van der Waals surface area (Å²) in [5.41, 5.74) is 13.2. The second-order valence-electron chi connectivity index (χ2n) is 18.8. The van der Waals surface area contributed by atoms with Gasteiger partial charge in [0.1, 0.15) is 0 Å². The molecule has 0 saturated heterocycles. The minimum Gasteiger partial charge on any atom is -0.278 e. The van der Waals surface area contributed by atoms with Crippen molar-refractivity contribution in [3.8, 4) is 73.2 Å². The van der Waals surface area contributed by atoms with Gasteiger partial charge in [-0.2, -0.15) is 9.97 Å². The standard InChI is InChI=1S/C69H48N4Si/c1-6-22-49(23-7-1)54-32-18-36-59(44-54)74(60-37-19-33-55(45-60)50-24-8-2-9-25-50,61-38-20-34-56(46-61)51-26-10-3-11-27-51)62-39-21-35-58(47-62)68-70-67(53-30-14-5-15-31-53)71-69(72-68)73-65-41-17-16-40-63(65)64-48-57(42-43-66(64)73)52-28-12-4-13-29-52/h1-48H. The van der Waals surface area contributed by atoms with Crippen LogP contribution in [0.1, 0.15) is 0 Å². The summed E-state index contributed by atoms with van der Waals surface area (Å²) >= 11 is 0. The van der Waals surface area contributed by atoms with Crippen LogP contribution in [-0.4, -0.2) is 27.6 Å². The molecule has 0 aliphatic carbocycles. The lowest BCUT2D eigenvalue weighted by molar-refractivity contribution is 0.953. The number of hydrogen-bond donors (Lipinski definition) is 0. The largest absolute Gasteiger partial charge is 0.278 e. The van der Waals surface area contributed by atoms with Gasteiger partial charge in [0.05, 0.1) is 11.0 Å². The Morgan fingerprint density at radius 3 is 1.03 bits per heavy atom. The Morgan fingerprint density at radius 2 is 0.568 bits per heavy atom. The van der Waals surface area contributed by atoms with Crippen LogP contribution in [-0.2, 0) is 0 Å². The number of para-hydroxylation sites is 1. The van der Waals surface area contributed by atoms with Gasteiger partial charge in [-0.05, 0) is 83.5 Å². The second-order valence-corrected chi connectivity index (χ2v) is 22.6. The number of hydrogen-bond acceptors (Lipinski definition) is 3. The highest BCUT2D eigenvalue weighted by molar-refractivity contribution is 7.20. The molecule has 0 amide bonds. The van der Waals surface area contributed by atoms with E-state index < -0.39 is 8.07 Å². The fraction of sp³-hybridized carbons (Fsp3) is 0. The molecule has 0 radical (unpaired) electrons. The van der Waals surface area contributed by atoms with Crippen molar-refractivity contribution in [3.63, 3.8) is 0 Å². The quantitative estimate of drug-likeness (QED) is 0.0958. The molecule has 5 heteroatoms. The zero-order valence-electron chi connectivity index (χ0n) is 40.5. The summed E-state index contributed by atoms with van der Waals surface area (Å²) in [5, 5.41) is 7.29. The minimum absolute atomic E-state index is 0.558. The van der Waals surface area contributed by atoms with Crippen LogP contribution in [0.4, 0.5) is 0 Å². The molecule has 74 heavy (non-hydrogen) atoms. The highest BCUT2D eigenvalue weighted by atomic mass is 28.3. The van der Waals surface area contributed by atoms with E-state index in [4.69, 9.17) is 15.0 Å². The van der Waals surface area contributed by atoms with Crippen molar-refractivity contribution in [2.45, 2.75) is 0 Å². The minimum atomic E-state index is -3.28. The average Bonchev–Trinajstić information content (AvgIpc) is 3.86.